The number of rotatable bonds is 5. The monoisotopic (exact) mass is 455 g/mol. The normalized spacial score (nSPS) is 11.9. The number of Topliss-reactive ketones (excluding diaryl/α,β-unsaturated/α-hetero) is 1. The summed E-state index contributed by atoms with van der Waals surface area (Å²) in [5, 5.41) is 0. The second-order valence-corrected chi connectivity index (χ2v) is 8.62. The van der Waals surface area contributed by atoms with E-state index in [1.54, 1.807) is 49.4 Å². The van der Waals surface area contributed by atoms with Gasteiger partial charge < -0.3 is 9.15 Å². The molecule has 0 saturated carbocycles. The zero-order valence-corrected chi connectivity index (χ0v) is 19.8. The standard InChI is InChI=1S/C28H25NO5/c1-15-10-11-22-21(14-15)29-24(28(32)33-22)23(25(30)20-9-7-6-8-17(20)3)27(31)34-26-18(4)12-16(2)13-19(26)5/h6-14,23H,1-5H3. The second-order valence-electron chi connectivity index (χ2n) is 8.62. The Labute approximate surface area is 197 Å². The Balaban J connectivity index is 1.88. The Hall–Kier alpha value is -4.06. The molecule has 0 fully saturated rings. The fraction of sp³-hybridized carbons (Fsp3) is 0.214. The van der Waals surface area contributed by atoms with Crippen LogP contribution >= 0.6 is 0 Å². The van der Waals surface area contributed by atoms with Crippen LogP contribution in [0.2, 0.25) is 0 Å². The number of hydrogen-bond donors (Lipinski definition) is 0. The molecule has 0 spiro atoms. The number of ether oxygens (including phenoxy) is 1. The first-order chi connectivity index (χ1) is 16.2. The van der Waals surface area contributed by atoms with Crippen LogP contribution in [0.3, 0.4) is 0 Å². The summed E-state index contributed by atoms with van der Waals surface area (Å²) in [7, 11) is 0. The highest BCUT2D eigenvalue weighted by atomic mass is 16.5. The molecule has 0 aliphatic rings. The molecule has 1 unspecified atom stereocenters. The maximum Gasteiger partial charge on any atom is 0.359 e. The molecule has 6 heteroatoms. The minimum atomic E-state index is -1.58. The van der Waals surface area contributed by atoms with E-state index in [1.807, 2.05) is 39.8 Å². The molecule has 172 valence electrons. The summed E-state index contributed by atoms with van der Waals surface area (Å²) in [6, 6.07) is 15.8. The maximum atomic E-state index is 13.7. The molecular weight excluding hydrogens is 430 g/mol. The van der Waals surface area contributed by atoms with Gasteiger partial charge >= 0.3 is 11.6 Å². The van der Waals surface area contributed by atoms with Gasteiger partial charge in [-0.05, 0) is 69.0 Å². The number of ketones is 1. The summed E-state index contributed by atoms with van der Waals surface area (Å²) in [6.45, 7) is 9.24. The van der Waals surface area contributed by atoms with Gasteiger partial charge in [-0.2, -0.15) is 0 Å². The first kappa shape index (κ1) is 23.1. The van der Waals surface area contributed by atoms with Crippen molar-refractivity contribution in [3.05, 3.63) is 104 Å². The molecule has 3 aromatic carbocycles. The number of fused-ring (bicyclic) bond motifs is 1. The fourth-order valence-corrected chi connectivity index (χ4v) is 4.15. The summed E-state index contributed by atoms with van der Waals surface area (Å²) < 4.78 is 11.2. The van der Waals surface area contributed by atoms with Crippen molar-refractivity contribution >= 4 is 22.9 Å². The Morgan fingerprint density at radius 2 is 1.53 bits per heavy atom. The number of benzene rings is 3. The molecule has 0 radical (unpaired) electrons. The molecule has 0 bridgehead atoms. The van der Waals surface area contributed by atoms with Crippen LogP contribution in [-0.4, -0.2) is 16.7 Å². The second kappa shape index (κ2) is 9.06. The molecule has 4 aromatic rings. The van der Waals surface area contributed by atoms with Gasteiger partial charge in [-0.3, -0.25) is 9.59 Å². The van der Waals surface area contributed by atoms with E-state index in [2.05, 4.69) is 4.98 Å². The van der Waals surface area contributed by atoms with Gasteiger partial charge in [0.15, 0.2) is 17.3 Å². The van der Waals surface area contributed by atoms with Crippen LogP contribution < -0.4 is 10.4 Å². The van der Waals surface area contributed by atoms with E-state index in [0.29, 0.717) is 22.4 Å². The number of hydrogen-bond acceptors (Lipinski definition) is 6. The highest BCUT2D eigenvalue weighted by Crippen LogP contribution is 2.29. The number of nitrogens with zero attached hydrogens (tertiary/aromatic N) is 1. The number of carbonyl (C=O) groups excluding carboxylic acids is 2. The number of carbonyl (C=O) groups is 2. The lowest BCUT2D eigenvalue weighted by Gasteiger charge is -2.17. The van der Waals surface area contributed by atoms with Gasteiger partial charge in [-0.25, -0.2) is 9.78 Å². The smallest absolute Gasteiger partial charge is 0.359 e. The number of esters is 1. The summed E-state index contributed by atoms with van der Waals surface area (Å²) in [5.41, 5.74) is 3.93. The summed E-state index contributed by atoms with van der Waals surface area (Å²) in [5.74, 6) is -2.67. The lowest BCUT2D eigenvalue weighted by atomic mass is 9.92. The first-order valence-electron chi connectivity index (χ1n) is 11.0. The van der Waals surface area contributed by atoms with Crippen LogP contribution in [0.1, 0.15) is 49.8 Å². The third-order valence-corrected chi connectivity index (χ3v) is 5.76. The molecule has 0 aliphatic heterocycles. The molecule has 1 aromatic heterocycles. The fourth-order valence-electron chi connectivity index (χ4n) is 4.15. The van der Waals surface area contributed by atoms with E-state index < -0.39 is 23.3 Å². The molecule has 34 heavy (non-hydrogen) atoms. The van der Waals surface area contributed by atoms with E-state index in [1.165, 1.54) is 0 Å². The molecule has 1 heterocycles. The van der Waals surface area contributed by atoms with Gasteiger partial charge in [0.2, 0.25) is 0 Å². The minimum Gasteiger partial charge on any atom is -0.425 e. The van der Waals surface area contributed by atoms with Crippen molar-refractivity contribution in [2.45, 2.75) is 40.5 Å². The molecule has 6 nitrogen and oxygen atoms in total. The first-order valence-corrected chi connectivity index (χ1v) is 11.0. The van der Waals surface area contributed by atoms with E-state index in [-0.39, 0.29) is 11.3 Å². The van der Waals surface area contributed by atoms with Gasteiger partial charge in [0.05, 0.1) is 0 Å². The average molecular weight is 456 g/mol. The molecule has 0 saturated heterocycles. The molecule has 0 aliphatic carbocycles. The van der Waals surface area contributed by atoms with Crippen LogP contribution in [0.4, 0.5) is 0 Å². The SMILES string of the molecule is Cc1cc(C)c(OC(=O)C(C(=O)c2ccccc2C)c2nc3cc(C)ccc3oc2=O)c(C)c1. The molecule has 0 N–H and O–H groups in total. The van der Waals surface area contributed by atoms with E-state index in [4.69, 9.17) is 9.15 Å². The van der Waals surface area contributed by atoms with Gasteiger partial charge in [0, 0.05) is 5.56 Å². The van der Waals surface area contributed by atoms with E-state index in [9.17, 15) is 14.4 Å². The van der Waals surface area contributed by atoms with Crippen molar-refractivity contribution in [1.29, 1.82) is 0 Å². The van der Waals surface area contributed by atoms with E-state index in [0.717, 1.165) is 22.3 Å². The Morgan fingerprint density at radius 1 is 0.853 bits per heavy atom. The van der Waals surface area contributed by atoms with Gasteiger partial charge in [-0.15, -0.1) is 0 Å². The lowest BCUT2D eigenvalue weighted by molar-refractivity contribution is -0.135. The minimum absolute atomic E-state index is 0.278. The maximum absolute atomic E-state index is 13.7. The van der Waals surface area contributed by atoms with E-state index >= 15 is 0 Å². The van der Waals surface area contributed by atoms with Crippen LogP contribution in [-0.2, 0) is 4.79 Å². The number of aromatic nitrogens is 1. The van der Waals surface area contributed by atoms with Crippen molar-refractivity contribution in [2.24, 2.45) is 0 Å². The summed E-state index contributed by atoms with van der Waals surface area (Å²) in [4.78, 5) is 44.5. The third-order valence-electron chi connectivity index (χ3n) is 5.76. The Morgan fingerprint density at radius 3 is 2.21 bits per heavy atom. The summed E-state index contributed by atoms with van der Waals surface area (Å²) >= 11 is 0. The lowest BCUT2D eigenvalue weighted by Crippen LogP contribution is -2.32. The largest absolute Gasteiger partial charge is 0.425 e. The van der Waals surface area contributed by atoms with Crippen molar-refractivity contribution < 1.29 is 18.7 Å². The van der Waals surface area contributed by atoms with Crippen molar-refractivity contribution in [3.8, 4) is 5.75 Å². The van der Waals surface area contributed by atoms with Crippen molar-refractivity contribution in [3.63, 3.8) is 0 Å². The van der Waals surface area contributed by atoms with Gasteiger partial charge in [0.25, 0.3) is 0 Å². The van der Waals surface area contributed by atoms with Crippen LogP contribution in [0.15, 0.2) is 63.8 Å². The topological polar surface area (TPSA) is 86.5 Å². The van der Waals surface area contributed by atoms with Gasteiger partial charge in [0.1, 0.15) is 17.0 Å². The molecule has 4 rings (SSSR count). The highest BCUT2D eigenvalue weighted by Gasteiger charge is 2.37. The van der Waals surface area contributed by atoms with Crippen LogP contribution in [0, 0.1) is 34.6 Å². The Kier molecular flexibility index (Phi) is 6.16. The van der Waals surface area contributed by atoms with Crippen LogP contribution in [0.25, 0.3) is 11.1 Å². The molecule has 0 amide bonds. The quantitative estimate of drug-likeness (QED) is 0.176. The molecular formula is C28H25NO5. The van der Waals surface area contributed by atoms with Crippen LogP contribution in [0.5, 0.6) is 5.75 Å². The highest BCUT2D eigenvalue weighted by molar-refractivity contribution is 6.13. The zero-order valence-electron chi connectivity index (χ0n) is 19.8. The zero-order chi connectivity index (χ0) is 24.6. The van der Waals surface area contributed by atoms with Gasteiger partial charge in [-0.1, -0.05) is 48.0 Å². The predicted octanol–water partition coefficient (Wildman–Crippen LogP) is 5.30. The van der Waals surface area contributed by atoms with Crippen molar-refractivity contribution in [1.82, 2.24) is 4.98 Å². The predicted molar refractivity (Wildman–Crippen MR) is 130 cm³/mol. The van der Waals surface area contributed by atoms with Crippen molar-refractivity contribution in [2.75, 3.05) is 0 Å². The molecule has 1 atom stereocenters. The number of aryl methyl sites for hydroxylation is 5. The third kappa shape index (κ3) is 4.39. The summed E-state index contributed by atoms with van der Waals surface area (Å²) in [6.07, 6.45) is 0. The average Bonchev–Trinajstić information content (AvgIpc) is 2.77. The Bertz CT molecular complexity index is 1480.